The Hall–Kier alpha value is -2.37. The van der Waals surface area contributed by atoms with Crippen molar-refractivity contribution >= 4 is 40.9 Å². The summed E-state index contributed by atoms with van der Waals surface area (Å²) in [5.41, 5.74) is 1.89. The molecule has 28 heavy (non-hydrogen) atoms. The van der Waals surface area contributed by atoms with E-state index >= 15 is 0 Å². The number of benzene rings is 2. The Kier molecular flexibility index (Phi) is 6.70. The molecule has 0 bridgehead atoms. The maximum Gasteiger partial charge on any atom is 0.246 e. The summed E-state index contributed by atoms with van der Waals surface area (Å²) in [4.78, 5) is 16.6. The second kappa shape index (κ2) is 9.22. The van der Waals surface area contributed by atoms with Gasteiger partial charge in [0.1, 0.15) is 0 Å². The Morgan fingerprint density at radius 3 is 2.29 bits per heavy atom. The van der Waals surface area contributed by atoms with Gasteiger partial charge in [-0.15, -0.1) is 0 Å². The van der Waals surface area contributed by atoms with Crippen molar-refractivity contribution in [2.45, 2.75) is 0 Å². The van der Waals surface area contributed by atoms with Gasteiger partial charge in [-0.25, -0.2) is 0 Å². The van der Waals surface area contributed by atoms with Gasteiger partial charge in [-0.3, -0.25) is 4.79 Å². The number of hydrogen-bond acceptors (Lipinski definition) is 4. The summed E-state index contributed by atoms with van der Waals surface area (Å²) >= 11 is 12.2. The van der Waals surface area contributed by atoms with Crippen molar-refractivity contribution in [1.29, 1.82) is 0 Å². The Morgan fingerprint density at radius 2 is 1.68 bits per heavy atom. The first-order valence-corrected chi connectivity index (χ1v) is 9.66. The van der Waals surface area contributed by atoms with Gasteiger partial charge in [0.2, 0.25) is 5.91 Å². The third-order valence-electron chi connectivity index (χ3n) is 4.66. The van der Waals surface area contributed by atoms with Crippen LogP contribution in [0.2, 0.25) is 10.0 Å². The average molecular weight is 421 g/mol. The summed E-state index contributed by atoms with van der Waals surface area (Å²) in [6.45, 7) is 2.89. The lowest BCUT2D eigenvalue weighted by Gasteiger charge is -2.35. The number of rotatable bonds is 5. The molecule has 0 saturated carbocycles. The molecule has 2 aromatic carbocycles. The standard InChI is InChI=1S/C21H22Cl2N2O3/c1-27-19-14-15(13-18(23)21(19)28-2)3-8-20(26)25-11-9-24(10-12-25)17-6-4-16(22)5-7-17/h3-8,13-14H,9-12H2,1-2H3/b8-3+. The highest BCUT2D eigenvalue weighted by atomic mass is 35.5. The van der Waals surface area contributed by atoms with E-state index in [9.17, 15) is 4.79 Å². The summed E-state index contributed by atoms with van der Waals surface area (Å²) in [7, 11) is 3.08. The Balaban J connectivity index is 1.61. The van der Waals surface area contributed by atoms with E-state index in [0.717, 1.165) is 29.4 Å². The predicted molar refractivity (Wildman–Crippen MR) is 114 cm³/mol. The van der Waals surface area contributed by atoms with Crippen molar-refractivity contribution < 1.29 is 14.3 Å². The van der Waals surface area contributed by atoms with Crippen molar-refractivity contribution in [1.82, 2.24) is 4.90 Å². The first-order valence-electron chi connectivity index (χ1n) is 8.91. The lowest BCUT2D eigenvalue weighted by molar-refractivity contribution is -0.126. The van der Waals surface area contributed by atoms with Crippen LogP contribution in [0.5, 0.6) is 11.5 Å². The molecule has 5 nitrogen and oxygen atoms in total. The highest BCUT2D eigenvalue weighted by Crippen LogP contribution is 2.36. The van der Waals surface area contributed by atoms with Crippen LogP contribution in [0.3, 0.4) is 0 Å². The molecule has 1 saturated heterocycles. The van der Waals surface area contributed by atoms with E-state index in [4.69, 9.17) is 32.7 Å². The van der Waals surface area contributed by atoms with Gasteiger partial charge in [0.05, 0.1) is 19.2 Å². The summed E-state index contributed by atoms with van der Waals surface area (Å²) in [6.07, 6.45) is 3.30. The zero-order valence-electron chi connectivity index (χ0n) is 15.8. The molecule has 0 atom stereocenters. The zero-order valence-corrected chi connectivity index (χ0v) is 17.3. The van der Waals surface area contributed by atoms with E-state index in [1.165, 1.54) is 7.11 Å². The third kappa shape index (κ3) is 4.72. The van der Waals surface area contributed by atoms with Crippen LogP contribution in [0.15, 0.2) is 42.5 Å². The topological polar surface area (TPSA) is 42.0 Å². The lowest BCUT2D eigenvalue weighted by Crippen LogP contribution is -2.48. The monoisotopic (exact) mass is 420 g/mol. The van der Waals surface area contributed by atoms with Gasteiger partial charge in [0.15, 0.2) is 11.5 Å². The van der Waals surface area contributed by atoms with Crippen LogP contribution in [0.25, 0.3) is 6.08 Å². The van der Waals surface area contributed by atoms with E-state index in [0.29, 0.717) is 29.6 Å². The molecular formula is C21H22Cl2N2O3. The second-order valence-electron chi connectivity index (χ2n) is 6.36. The highest BCUT2D eigenvalue weighted by molar-refractivity contribution is 6.32. The fourth-order valence-electron chi connectivity index (χ4n) is 3.14. The maximum absolute atomic E-state index is 12.5. The molecule has 0 aliphatic carbocycles. The number of carbonyl (C=O) groups is 1. The molecule has 7 heteroatoms. The molecular weight excluding hydrogens is 399 g/mol. The summed E-state index contributed by atoms with van der Waals surface area (Å²) < 4.78 is 10.5. The minimum absolute atomic E-state index is 0.0262. The highest BCUT2D eigenvalue weighted by Gasteiger charge is 2.20. The van der Waals surface area contributed by atoms with Gasteiger partial charge in [-0.2, -0.15) is 0 Å². The molecule has 1 aliphatic rings. The fraction of sp³-hybridized carbons (Fsp3) is 0.286. The minimum atomic E-state index is -0.0262. The Morgan fingerprint density at radius 1 is 1.00 bits per heavy atom. The molecule has 0 radical (unpaired) electrons. The largest absolute Gasteiger partial charge is 0.493 e. The lowest BCUT2D eigenvalue weighted by atomic mass is 10.1. The number of anilines is 1. The maximum atomic E-state index is 12.5. The third-order valence-corrected chi connectivity index (χ3v) is 5.19. The number of halogens is 2. The molecule has 1 aliphatic heterocycles. The second-order valence-corrected chi connectivity index (χ2v) is 7.20. The van der Waals surface area contributed by atoms with Gasteiger partial charge >= 0.3 is 0 Å². The molecule has 3 rings (SSSR count). The number of piperazine rings is 1. The molecule has 0 N–H and O–H groups in total. The van der Waals surface area contributed by atoms with E-state index in [-0.39, 0.29) is 5.91 Å². The van der Waals surface area contributed by atoms with Crippen LogP contribution in [-0.4, -0.2) is 51.2 Å². The fourth-order valence-corrected chi connectivity index (χ4v) is 3.57. The molecule has 1 heterocycles. The zero-order chi connectivity index (χ0) is 20.1. The molecule has 0 spiro atoms. The van der Waals surface area contributed by atoms with Crippen molar-refractivity contribution in [3.63, 3.8) is 0 Å². The van der Waals surface area contributed by atoms with E-state index < -0.39 is 0 Å². The molecule has 0 aromatic heterocycles. The number of carbonyl (C=O) groups excluding carboxylic acids is 1. The first-order chi connectivity index (χ1) is 13.5. The smallest absolute Gasteiger partial charge is 0.246 e. The molecule has 1 fully saturated rings. The SMILES string of the molecule is COc1cc(/C=C/C(=O)N2CCN(c3ccc(Cl)cc3)CC2)cc(Cl)c1OC. The van der Waals surface area contributed by atoms with E-state index in [1.807, 2.05) is 29.2 Å². The molecule has 1 amide bonds. The average Bonchev–Trinajstić information content (AvgIpc) is 2.72. The van der Waals surface area contributed by atoms with E-state index in [1.54, 1.807) is 31.4 Å². The molecule has 148 valence electrons. The quantitative estimate of drug-likeness (QED) is 0.673. The summed E-state index contributed by atoms with van der Waals surface area (Å²) in [5.74, 6) is 0.978. The van der Waals surface area contributed by atoms with Gasteiger partial charge in [0.25, 0.3) is 0 Å². The normalized spacial score (nSPS) is 14.4. The van der Waals surface area contributed by atoms with Crippen LogP contribution in [0.1, 0.15) is 5.56 Å². The van der Waals surface area contributed by atoms with Crippen LogP contribution in [-0.2, 0) is 4.79 Å². The number of hydrogen-bond donors (Lipinski definition) is 0. The van der Waals surface area contributed by atoms with Crippen LogP contribution < -0.4 is 14.4 Å². The van der Waals surface area contributed by atoms with Crippen molar-refractivity contribution in [3.8, 4) is 11.5 Å². The number of ether oxygens (including phenoxy) is 2. The van der Waals surface area contributed by atoms with Crippen molar-refractivity contribution in [2.75, 3.05) is 45.3 Å². The summed E-state index contributed by atoms with van der Waals surface area (Å²) in [6, 6.07) is 11.3. The van der Waals surface area contributed by atoms with Crippen LogP contribution in [0, 0.1) is 0 Å². The van der Waals surface area contributed by atoms with Gasteiger partial charge in [-0.05, 0) is 48.0 Å². The van der Waals surface area contributed by atoms with Crippen LogP contribution >= 0.6 is 23.2 Å². The number of amides is 1. The Labute approximate surface area is 175 Å². The number of methoxy groups -OCH3 is 2. The van der Waals surface area contributed by atoms with Crippen molar-refractivity contribution in [2.24, 2.45) is 0 Å². The first kappa shape index (κ1) is 20.4. The van der Waals surface area contributed by atoms with Crippen molar-refractivity contribution in [3.05, 3.63) is 58.1 Å². The Bertz CT molecular complexity index is 861. The predicted octanol–water partition coefficient (Wildman–Crippen LogP) is 4.37. The minimum Gasteiger partial charge on any atom is -0.493 e. The molecule has 0 unspecified atom stereocenters. The van der Waals surface area contributed by atoms with Gasteiger partial charge < -0.3 is 19.3 Å². The van der Waals surface area contributed by atoms with E-state index in [2.05, 4.69) is 4.90 Å². The van der Waals surface area contributed by atoms with Gasteiger partial charge in [-0.1, -0.05) is 23.2 Å². The van der Waals surface area contributed by atoms with Crippen LogP contribution in [0.4, 0.5) is 5.69 Å². The molecule has 2 aromatic rings. The summed E-state index contributed by atoms with van der Waals surface area (Å²) in [5, 5.41) is 1.16. The van der Waals surface area contributed by atoms with Gasteiger partial charge in [0, 0.05) is 43.0 Å². The number of nitrogens with zero attached hydrogens (tertiary/aromatic N) is 2.